The largest absolute Gasteiger partial charge is 0.493 e. The van der Waals surface area contributed by atoms with E-state index in [0.29, 0.717) is 0 Å². The van der Waals surface area contributed by atoms with E-state index < -0.39 is 0 Å². The van der Waals surface area contributed by atoms with E-state index in [4.69, 9.17) is 0 Å². The lowest BCUT2D eigenvalue weighted by Crippen LogP contribution is -2.08. The number of unbranched alkanes of at least 4 members (excludes halogenated alkanes) is 4. The van der Waals surface area contributed by atoms with Crippen LogP contribution in [0.1, 0.15) is 170 Å². The van der Waals surface area contributed by atoms with Crippen LogP contribution in [0.15, 0.2) is 35.9 Å². The summed E-state index contributed by atoms with van der Waals surface area (Å²) in [7, 11) is 0. The average Bonchev–Trinajstić information content (AvgIpc) is 3.34. The van der Waals surface area contributed by atoms with Gasteiger partial charge < -0.3 is 5.53 Å². The second-order valence-electron chi connectivity index (χ2n) is 12.9. The van der Waals surface area contributed by atoms with Gasteiger partial charge in [0.2, 0.25) is 11.4 Å². The van der Waals surface area contributed by atoms with Crippen molar-refractivity contribution in [3.63, 3.8) is 0 Å². The standard InChI is InChI=1S/C41H62N2/c1-8-15-22-33-26-36(27-34(23-16-9-2)39(33)25-18-11-4)40-30-35(24-17-10-3)41(43(40)42)37-28-31(19-12-5)38(21-14-7)32(29-37)20-13-6/h26-30H,8-25H2,1-7H3. The first-order chi connectivity index (χ1) is 21.0. The molecule has 0 aromatic heterocycles. The molecule has 2 aromatic carbocycles. The van der Waals surface area contributed by atoms with E-state index in [1.54, 1.807) is 15.8 Å². The van der Waals surface area contributed by atoms with Gasteiger partial charge in [0, 0.05) is 22.8 Å². The van der Waals surface area contributed by atoms with Gasteiger partial charge in [0.05, 0.1) is 0 Å². The number of allylic oxidation sites excluding steroid dienone is 2. The van der Waals surface area contributed by atoms with Crippen molar-refractivity contribution in [1.29, 1.82) is 0 Å². The molecule has 1 aliphatic heterocycles. The Hall–Kier alpha value is -2.48. The molecule has 0 aliphatic carbocycles. The molecule has 236 valence electrons. The van der Waals surface area contributed by atoms with Gasteiger partial charge in [-0.15, -0.1) is 0 Å². The molecule has 43 heavy (non-hydrogen) atoms. The highest BCUT2D eigenvalue weighted by Gasteiger charge is 2.30. The predicted octanol–water partition coefficient (Wildman–Crippen LogP) is 12.6. The lowest BCUT2D eigenvalue weighted by Gasteiger charge is -2.19. The highest BCUT2D eigenvalue weighted by atomic mass is 15.2. The minimum atomic E-state index is 0.963. The van der Waals surface area contributed by atoms with Crippen LogP contribution in [0.3, 0.4) is 0 Å². The number of hydrogen-bond donors (Lipinski definition) is 0. The van der Waals surface area contributed by atoms with Crippen molar-refractivity contribution < 1.29 is 4.70 Å². The summed E-state index contributed by atoms with van der Waals surface area (Å²) in [5, 5.41) is 0. The molecule has 0 saturated carbocycles. The molecule has 2 aromatic rings. The smallest absolute Gasteiger partial charge is 0.210 e. The third-order valence-corrected chi connectivity index (χ3v) is 9.21. The van der Waals surface area contributed by atoms with E-state index in [1.807, 2.05) is 0 Å². The van der Waals surface area contributed by atoms with Gasteiger partial charge in [-0.2, -0.15) is 0 Å². The zero-order valence-electron chi connectivity index (χ0n) is 29.0. The topological polar surface area (TPSA) is 25.3 Å². The van der Waals surface area contributed by atoms with Crippen LogP contribution >= 0.6 is 0 Å². The predicted molar refractivity (Wildman–Crippen MR) is 189 cm³/mol. The highest BCUT2D eigenvalue weighted by molar-refractivity contribution is 5.79. The molecule has 0 amide bonds. The van der Waals surface area contributed by atoms with E-state index in [0.717, 1.165) is 75.6 Å². The molecule has 3 rings (SSSR count). The monoisotopic (exact) mass is 582 g/mol. The number of aryl methyl sites for hydroxylation is 4. The lowest BCUT2D eigenvalue weighted by atomic mass is 9.88. The van der Waals surface area contributed by atoms with E-state index in [2.05, 4.69) is 78.8 Å². The van der Waals surface area contributed by atoms with Crippen LogP contribution in [0, 0.1) is 0 Å². The molecule has 2 nitrogen and oxygen atoms in total. The molecule has 0 fully saturated rings. The summed E-state index contributed by atoms with van der Waals surface area (Å²) in [5.41, 5.74) is 26.9. The molecular formula is C41H62N2. The Morgan fingerprint density at radius 3 is 1.37 bits per heavy atom. The van der Waals surface area contributed by atoms with Gasteiger partial charge in [0.15, 0.2) is 0 Å². The molecule has 0 unspecified atom stereocenters. The molecular weight excluding hydrogens is 520 g/mol. The maximum Gasteiger partial charge on any atom is 0.210 e. The highest BCUT2D eigenvalue weighted by Crippen LogP contribution is 2.40. The van der Waals surface area contributed by atoms with Crippen molar-refractivity contribution in [3.05, 3.63) is 86.0 Å². The summed E-state index contributed by atoms with van der Waals surface area (Å²) in [6.07, 6.45) is 23.1. The normalized spacial score (nSPS) is 13.4. The molecule has 0 N–H and O–H groups in total. The zero-order valence-corrected chi connectivity index (χ0v) is 29.0. The molecule has 0 bridgehead atoms. The SMILES string of the molecule is CCCCC1=C(c2cc(CCC)c(CCC)c(CCC)c2)[N+](=[N-])C(c2cc(CCCC)c(CCCC)c(CCCC)c2)=C1. The summed E-state index contributed by atoms with van der Waals surface area (Å²) in [6.45, 7) is 16.0. The molecule has 1 aliphatic rings. The van der Waals surface area contributed by atoms with Crippen LogP contribution in [-0.4, -0.2) is 4.70 Å². The molecule has 1 heterocycles. The van der Waals surface area contributed by atoms with Crippen LogP contribution in [0.4, 0.5) is 0 Å². The number of benzene rings is 2. The summed E-state index contributed by atoms with van der Waals surface area (Å²) in [5.74, 6) is 0. The molecule has 0 radical (unpaired) electrons. The number of nitrogens with zero attached hydrogens (tertiary/aromatic N) is 2. The first-order valence-electron chi connectivity index (χ1n) is 18.2. The Kier molecular flexibility index (Phi) is 14.9. The van der Waals surface area contributed by atoms with Gasteiger partial charge in [-0.25, -0.2) is 4.70 Å². The van der Waals surface area contributed by atoms with Crippen molar-refractivity contribution in [2.75, 3.05) is 0 Å². The fraction of sp³-hybridized carbons (Fsp3) is 0.610. The van der Waals surface area contributed by atoms with Crippen LogP contribution < -0.4 is 0 Å². The molecule has 0 atom stereocenters. The minimum absolute atomic E-state index is 0.963. The first kappa shape index (κ1) is 35.0. The Morgan fingerprint density at radius 2 is 0.884 bits per heavy atom. The maximum atomic E-state index is 12.1. The Morgan fingerprint density at radius 1 is 0.465 bits per heavy atom. The molecule has 0 saturated heterocycles. The van der Waals surface area contributed by atoms with Gasteiger partial charge in [0.1, 0.15) is 0 Å². The summed E-state index contributed by atoms with van der Waals surface area (Å²) < 4.78 is 1.57. The average molecular weight is 583 g/mol. The fourth-order valence-electron chi connectivity index (χ4n) is 6.91. The summed E-state index contributed by atoms with van der Waals surface area (Å²) >= 11 is 0. The Balaban J connectivity index is 2.17. The summed E-state index contributed by atoms with van der Waals surface area (Å²) in [4.78, 5) is 0. The third-order valence-electron chi connectivity index (χ3n) is 9.21. The molecule has 2 heteroatoms. The first-order valence-corrected chi connectivity index (χ1v) is 18.2. The van der Waals surface area contributed by atoms with E-state index in [9.17, 15) is 5.53 Å². The van der Waals surface area contributed by atoms with E-state index >= 15 is 0 Å². The quantitative estimate of drug-likeness (QED) is 0.139. The lowest BCUT2D eigenvalue weighted by molar-refractivity contribution is -0.344. The van der Waals surface area contributed by atoms with Crippen LogP contribution in [0.5, 0.6) is 0 Å². The summed E-state index contributed by atoms with van der Waals surface area (Å²) in [6, 6.07) is 9.70. The van der Waals surface area contributed by atoms with Crippen LogP contribution in [-0.2, 0) is 38.5 Å². The second kappa shape index (κ2) is 18.4. The second-order valence-corrected chi connectivity index (χ2v) is 12.9. The van der Waals surface area contributed by atoms with Crippen molar-refractivity contribution >= 4 is 11.4 Å². The van der Waals surface area contributed by atoms with Crippen LogP contribution in [0.25, 0.3) is 16.9 Å². The van der Waals surface area contributed by atoms with Crippen LogP contribution in [0.2, 0.25) is 0 Å². The van der Waals surface area contributed by atoms with Gasteiger partial charge >= 0.3 is 0 Å². The van der Waals surface area contributed by atoms with E-state index in [-0.39, 0.29) is 0 Å². The van der Waals surface area contributed by atoms with Crippen molar-refractivity contribution in [1.82, 2.24) is 0 Å². The fourth-order valence-corrected chi connectivity index (χ4v) is 6.91. The third kappa shape index (κ3) is 9.02. The maximum absolute atomic E-state index is 12.1. The van der Waals surface area contributed by atoms with Gasteiger partial charge in [-0.05, 0) is 128 Å². The Labute approximate surface area is 265 Å². The molecule has 0 spiro atoms. The van der Waals surface area contributed by atoms with E-state index in [1.165, 1.54) is 90.3 Å². The Bertz CT molecular complexity index is 1200. The number of hydrogen-bond acceptors (Lipinski definition) is 0. The van der Waals surface area contributed by atoms with Gasteiger partial charge in [-0.3, -0.25) is 0 Å². The number of rotatable bonds is 20. The van der Waals surface area contributed by atoms with Crippen molar-refractivity contribution in [2.45, 2.75) is 164 Å². The van der Waals surface area contributed by atoms with Crippen molar-refractivity contribution in [2.24, 2.45) is 0 Å². The minimum Gasteiger partial charge on any atom is -0.493 e. The van der Waals surface area contributed by atoms with Gasteiger partial charge in [-0.1, -0.05) is 93.4 Å². The van der Waals surface area contributed by atoms with Gasteiger partial charge in [0.25, 0.3) is 0 Å². The zero-order chi connectivity index (χ0) is 31.2. The van der Waals surface area contributed by atoms with Crippen molar-refractivity contribution in [3.8, 4) is 0 Å².